The predicted octanol–water partition coefficient (Wildman–Crippen LogP) is 4.31. The predicted molar refractivity (Wildman–Crippen MR) is 112 cm³/mol. The van der Waals surface area contributed by atoms with Gasteiger partial charge in [0.2, 0.25) is 5.13 Å². The second-order valence-electron chi connectivity index (χ2n) is 5.93. The van der Waals surface area contributed by atoms with Gasteiger partial charge < -0.3 is 5.32 Å². The highest BCUT2D eigenvalue weighted by molar-refractivity contribution is 7.22. The zero-order valence-electron chi connectivity index (χ0n) is 14.7. The SMILES string of the molecule is O=C(Nc1ccccc1C(=O)NNc1nc2ccccc2s1)c1ccccc1. The molecule has 0 spiro atoms. The van der Waals surface area contributed by atoms with E-state index in [9.17, 15) is 9.59 Å². The summed E-state index contributed by atoms with van der Waals surface area (Å²) in [6.07, 6.45) is 0. The lowest BCUT2D eigenvalue weighted by Crippen LogP contribution is -2.30. The van der Waals surface area contributed by atoms with Crippen LogP contribution in [0.4, 0.5) is 10.8 Å². The van der Waals surface area contributed by atoms with Crippen molar-refractivity contribution in [3.8, 4) is 0 Å². The summed E-state index contributed by atoms with van der Waals surface area (Å²) < 4.78 is 1.02. The smallest absolute Gasteiger partial charge is 0.271 e. The van der Waals surface area contributed by atoms with E-state index in [-0.39, 0.29) is 11.8 Å². The number of anilines is 2. The maximum Gasteiger partial charge on any atom is 0.271 e. The molecule has 0 aliphatic carbocycles. The van der Waals surface area contributed by atoms with Crippen LogP contribution in [0.5, 0.6) is 0 Å². The van der Waals surface area contributed by atoms with Gasteiger partial charge in [0.25, 0.3) is 11.8 Å². The van der Waals surface area contributed by atoms with E-state index in [1.165, 1.54) is 11.3 Å². The quantitative estimate of drug-likeness (QED) is 0.445. The van der Waals surface area contributed by atoms with E-state index >= 15 is 0 Å². The first-order valence-corrected chi connectivity index (χ1v) is 9.40. The normalized spacial score (nSPS) is 10.4. The van der Waals surface area contributed by atoms with E-state index in [0.29, 0.717) is 21.9 Å². The van der Waals surface area contributed by atoms with E-state index in [0.717, 1.165) is 10.2 Å². The Balaban J connectivity index is 1.47. The van der Waals surface area contributed by atoms with Crippen molar-refractivity contribution in [3.63, 3.8) is 0 Å². The zero-order chi connectivity index (χ0) is 19.3. The number of fused-ring (bicyclic) bond motifs is 1. The fourth-order valence-corrected chi connectivity index (χ4v) is 3.50. The molecule has 1 heterocycles. The molecule has 0 atom stereocenters. The number of para-hydroxylation sites is 2. The number of thiazole rings is 1. The van der Waals surface area contributed by atoms with Gasteiger partial charge in [-0.1, -0.05) is 53.8 Å². The first-order valence-electron chi connectivity index (χ1n) is 8.58. The Morgan fingerprint density at radius 3 is 2.32 bits per heavy atom. The lowest BCUT2D eigenvalue weighted by molar-refractivity contribution is 0.0963. The van der Waals surface area contributed by atoms with Crippen LogP contribution in [0.25, 0.3) is 10.2 Å². The summed E-state index contributed by atoms with van der Waals surface area (Å²) in [5.74, 6) is -0.650. The number of nitrogens with zero attached hydrogens (tertiary/aromatic N) is 1. The maximum absolute atomic E-state index is 12.6. The van der Waals surface area contributed by atoms with Gasteiger partial charge in [-0.05, 0) is 36.4 Å². The summed E-state index contributed by atoms with van der Waals surface area (Å²) in [5.41, 5.74) is 7.63. The van der Waals surface area contributed by atoms with Crippen molar-refractivity contribution in [2.45, 2.75) is 0 Å². The van der Waals surface area contributed by atoms with Crippen LogP contribution < -0.4 is 16.2 Å². The van der Waals surface area contributed by atoms with Gasteiger partial charge in [-0.15, -0.1) is 0 Å². The summed E-state index contributed by atoms with van der Waals surface area (Å²) in [7, 11) is 0. The Morgan fingerprint density at radius 1 is 0.786 bits per heavy atom. The largest absolute Gasteiger partial charge is 0.321 e. The van der Waals surface area contributed by atoms with E-state index in [4.69, 9.17) is 0 Å². The molecule has 0 aliphatic rings. The monoisotopic (exact) mass is 388 g/mol. The Hall–Kier alpha value is -3.71. The average molecular weight is 388 g/mol. The molecule has 3 aromatic carbocycles. The van der Waals surface area contributed by atoms with Crippen LogP contribution >= 0.6 is 11.3 Å². The highest BCUT2D eigenvalue weighted by Gasteiger charge is 2.14. The van der Waals surface area contributed by atoms with Crippen LogP contribution in [-0.4, -0.2) is 16.8 Å². The average Bonchev–Trinajstić information content (AvgIpc) is 3.16. The molecule has 0 bridgehead atoms. The number of aromatic nitrogens is 1. The Bertz CT molecular complexity index is 1110. The topological polar surface area (TPSA) is 83.1 Å². The number of hydrogen-bond donors (Lipinski definition) is 3. The summed E-state index contributed by atoms with van der Waals surface area (Å²) in [6, 6.07) is 23.4. The summed E-state index contributed by atoms with van der Waals surface area (Å²) >= 11 is 1.44. The van der Waals surface area contributed by atoms with Gasteiger partial charge in [0.05, 0.1) is 21.5 Å². The van der Waals surface area contributed by atoms with Gasteiger partial charge in [-0.2, -0.15) is 0 Å². The first kappa shape index (κ1) is 17.7. The second-order valence-corrected chi connectivity index (χ2v) is 6.96. The molecule has 0 radical (unpaired) electrons. The third kappa shape index (κ3) is 3.84. The fraction of sp³-hybridized carbons (Fsp3) is 0. The molecule has 7 heteroatoms. The minimum atomic E-state index is -0.372. The van der Waals surface area contributed by atoms with Crippen LogP contribution in [0.2, 0.25) is 0 Å². The number of benzene rings is 3. The van der Waals surface area contributed by atoms with Crippen molar-refractivity contribution in [3.05, 3.63) is 90.0 Å². The van der Waals surface area contributed by atoms with Gasteiger partial charge >= 0.3 is 0 Å². The molecule has 0 unspecified atom stereocenters. The highest BCUT2D eigenvalue weighted by atomic mass is 32.1. The number of nitrogens with one attached hydrogen (secondary N) is 3. The van der Waals surface area contributed by atoms with Crippen LogP contribution in [0.15, 0.2) is 78.9 Å². The molecule has 0 saturated carbocycles. The molecule has 0 saturated heterocycles. The number of carbonyl (C=O) groups is 2. The maximum atomic E-state index is 12.6. The molecule has 3 N–H and O–H groups in total. The molecular formula is C21H16N4O2S. The molecule has 1 aromatic heterocycles. The van der Waals surface area contributed by atoms with Crippen molar-refractivity contribution >= 4 is 44.2 Å². The molecule has 0 aliphatic heterocycles. The highest BCUT2D eigenvalue weighted by Crippen LogP contribution is 2.25. The fourth-order valence-electron chi connectivity index (χ4n) is 2.68. The van der Waals surface area contributed by atoms with Crippen LogP contribution in [-0.2, 0) is 0 Å². The van der Waals surface area contributed by atoms with Gasteiger partial charge in [0.1, 0.15) is 0 Å². The summed E-state index contributed by atoms with van der Waals surface area (Å²) in [4.78, 5) is 29.4. The summed E-state index contributed by atoms with van der Waals surface area (Å²) in [6.45, 7) is 0. The Kier molecular flexibility index (Phi) is 4.99. The van der Waals surface area contributed by atoms with Crippen molar-refractivity contribution in [2.24, 2.45) is 0 Å². The number of hydrogen-bond acceptors (Lipinski definition) is 5. The second kappa shape index (κ2) is 7.89. The molecule has 2 amide bonds. The number of rotatable bonds is 5. The molecule has 138 valence electrons. The molecule has 6 nitrogen and oxygen atoms in total. The van der Waals surface area contributed by atoms with E-state index in [1.807, 2.05) is 30.3 Å². The molecule has 4 rings (SSSR count). The van der Waals surface area contributed by atoms with E-state index in [1.54, 1.807) is 48.5 Å². The summed E-state index contributed by atoms with van der Waals surface area (Å²) in [5, 5.41) is 3.37. The molecule has 4 aromatic rings. The van der Waals surface area contributed by atoms with Crippen LogP contribution in [0, 0.1) is 0 Å². The number of hydrazine groups is 1. The lowest BCUT2D eigenvalue weighted by Gasteiger charge is -2.11. The van der Waals surface area contributed by atoms with Gasteiger partial charge in [0.15, 0.2) is 0 Å². The third-order valence-corrected chi connectivity index (χ3v) is 4.98. The number of carbonyl (C=O) groups excluding carboxylic acids is 2. The Labute approximate surface area is 165 Å². The van der Waals surface area contributed by atoms with Crippen LogP contribution in [0.1, 0.15) is 20.7 Å². The van der Waals surface area contributed by atoms with Crippen molar-refractivity contribution < 1.29 is 9.59 Å². The van der Waals surface area contributed by atoms with Gasteiger partial charge in [-0.3, -0.25) is 20.4 Å². The van der Waals surface area contributed by atoms with E-state index < -0.39 is 0 Å². The van der Waals surface area contributed by atoms with Gasteiger partial charge in [0, 0.05) is 5.56 Å². The minimum Gasteiger partial charge on any atom is -0.321 e. The minimum absolute atomic E-state index is 0.278. The zero-order valence-corrected chi connectivity index (χ0v) is 15.5. The number of amides is 2. The van der Waals surface area contributed by atoms with Crippen LogP contribution in [0.3, 0.4) is 0 Å². The standard InChI is InChI=1S/C21H16N4O2S/c26-19(14-8-2-1-3-9-14)22-16-11-5-4-10-15(16)20(27)24-25-21-23-17-12-6-7-13-18(17)28-21/h1-13H,(H,22,26)(H,23,25)(H,24,27). The van der Waals surface area contributed by atoms with Crippen molar-refractivity contribution in [2.75, 3.05) is 10.7 Å². The van der Waals surface area contributed by atoms with Gasteiger partial charge in [-0.25, -0.2) is 4.98 Å². The van der Waals surface area contributed by atoms with E-state index in [2.05, 4.69) is 21.2 Å². The Morgan fingerprint density at radius 2 is 1.50 bits per heavy atom. The third-order valence-electron chi connectivity index (χ3n) is 4.03. The molecule has 0 fully saturated rings. The lowest BCUT2D eigenvalue weighted by atomic mass is 10.1. The molecule has 28 heavy (non-hydrogen) atoms. The van der Waals surface area contributed by atoms with Crippen molar-refractivity contribution in [1.29, 1.82) is 0 Å². The van der Waals surface area contributed by atoms with Crippen molar-refractivity contribution in [1.82, 2.24) is 10.4 Å². The first-order chi connectivity index (χ1) is 13.7. The molecular weight excluding hydrogens is 372 g/mol.